The number of anilines is 2. The van der Waals surface area contributed by atoms with Crippen LogP contribution >= 0.6 is 0 Å². The van der Waals surface area contributed by atoms with Crippen LogP contribution in [0.2, 0.25) is 0 Å². The lowest BCUT2D eigenvalue weighted by Gasteiger charge is -2.22. The van der Waals surface area contributed by atoms with Crippen molar-refractivity contribution in [2.45, 2.75) is 19.4 Å². The Morgan fingerprint density at radius 3 is 2.42 bits per heavy atom. The zero-order valence-corrected chi connectivity index (χ0v) is 18.0. The summed E-state index contributed by atoms with van der Waals surface area (Å²) in [5.41, 5.74) is 2.25. The minimum Gasteiger partial charge on any atom is -0.342 e. The summed E-state index contributed by atoms with van der Waals surface area (Å²) < 4.78 is 14.9. The maximum Gasteiger partial charge on any atom is 0.263 e. The van der Waals surface area contributed by atoms with E-state index in [4.69, 9.17) is 4.98 Å². The summed E-state index contributed by atoms with van der Waals surface area (Å²) in [5, 5.41) is 3.22. The number of amides is 1. The molecule has 3 aromatic carbocycles. The molecule has 0 unspecified atom stereocenters. The number of benzene rings is 3. The lowest BCUT2D eigenvalue weighted by atomic mass is 10.1. The third kappa shape index (κ3) is 4.35. The number of halogens is 1. The van der Waals surface area contributed by atoms with Crippen LogP contribution in [0.5, 0.6) is 0 Å². The topological polar surface area (TPSA) is 67.2 Å². The Hall–Kier alpha value is -4.00. The molecule has 4 aromatic rings. The lowest BCUT2D eigenvalue weighted by Crippen LogP contribution is -2.31. The molecule has 0 spiro atoms. The first kappa shape index (κ1) is 20.9. The Kier molecular flexibility index (Phi) is 5.60. The van der Waals surface area contributed by atoms with Crippen molar-refractivity contribution in [1.29, 1.82) is 0 Å². The van der Waals surface area contributed by atoms with Crippen LogP contribution < -0.4 is 15.8 Å². The number of hydrogen-bond acceptors (Lipinski definition) is 4. The molecule has 0 saturated carbocycles. The summed E-state index contributed by atoms with van der Waals surface area (Å²) in [7, 11) is 0. The van der Waals surface area contributed by atoms with Crippen molar-refractivity contribution in [2.75, 3.05) is 23.3 Å². The van der Waals surface area contributed by atoms with Crippen molar-refractivity contribution in [3.63, 3.8) is 0 Å². The molecule has 1 saturated heterocycles. The smallest absolute Gasteiger partial charge is 0.263 e. The van der Waals surface area contributed by atoms with Gasteiger partial charge in [-0.1, -0.05) is 30.3 Å². The van der Waals surface area contributed by atoms with Gasteiger partial charge in [-0.3, -0.25) is 14.2 Å². The summed E-state index contributed by atoms with van der Waals surface area (Å²) in [5.74, 6) is -0.0874. The highest BCUT2D eigenvalue weighted by atomic mass is 19.1. The first-order chi connectivity index (χ1) is 16.1. The Balaban J connectivity index is 1.54. The fourth-order valence-electron chi connectivity index (χ4n) is 4.15. The maximum absolute atomic E-state index is 13.5. The SMILES string of the molecule is O=C(Nc1ccc(F)cc1)c1ccc2c(=O)n(Cc3ccccc3)c(N3CCCC3)nc2c1. The van der Waals surface area contributed by atoms with Gasteiger partial charge in [0.05, 0.1) is 17.4 Å². The van der Waals surface area contributed by atoms with E-state index < -0.39 is 0 Å². The monoisotopic (exact) mass is 442 g/mol. The van der Waals surface area contributed by atoms with Crippen LogP contribution in [0.25, 0.3) is 10.9 Å². The number of nitrogens with zero attached hydrogens (tertiary/aromatic N) is 3. The van der Waals surface area contributed by atoms with Crippen LogP contribution in [0.4, 0.5) is 16.0 Å². The second-order valence-electron chi connectivity index (χ2n) is 8.18. The second kappa shape index (κ2) is 8.86. The lowest BCUT2D eigenvalue weighted by molar-refractivity contribution is 0.102. The van der Waals surface area contributed by atoms with Crippen LogP contribution in [-0.4, -0.2) is 28.5 Å². The van der Waals surface area contributed by atoms with Gasteiger partial charge in [0.25, 0.3) is 11.5 Å². The first-order valence-electron chi connectivity index (χ1n) is 11.0. The molecule has 1 fully saturated rings. The van der Waals surface area contributed by atoms with Crippen molar-refractivity contribution >= 4 is 28.4 Å². The van der Waals surface area contributed by atoms with Gasteiger partial charge in [0, 0.05) is 24.3 Å². The Bertz CT molecular complexity index is 1360. The normalized spacial score (nSPS) is 13.4. The molecule has 1 aliphatic heterocycles. The first-order valence-corrected chi connectivity index (χ1v) is 11.0. The molecule has 0 atom stereocenters. The molecule has 166 valence electrons. The van der Waals surface area contributed by atoms with Gasteiger partial charge >= 0.3 is 0 Å². The number of fused-ring (bicyclic) bond motifs is 1. The fourth-order valence-corrected chi connectivity index (χ4v) is 4.15. The minimum atomic E-state index is -0.371. The van der Waals surface area contributed by atoms with E-state index >= 15 is 0 Å². The van der Waals surface area contributed by atoms with Crippen LogP contribution in [0.3, 0.4) is 0 Å². The predicted molar refractivity (Wildman–Crippen MR) is 127 cm³/mol. The molecule has 33 heavy (non-hydrogen) atoms. The van der Waals surface area contributed by atoms with Crippen molar-refractivity contribution in [3.8, 4) is 0 Å². The predicted octanol–water partition coefficient (Wildman–Crippen LogP) is 4.44. The van der Waals surface area contributed by atoms with Gasteiger partial charge in [0.1, 0.15) is 5.82 Å². The van der Waals surface area contributed by atoms with E-state index in [0.29, 0.717) is 34.6 Å². The maximum atomic E-state index is 13.5. The van der Waals surface area contributed by atoms with Gasteiger partial charge in [0.15, 0.2) is 0 Å². The molecule has 1 aliphatic rings. The van der Waals surface area contributed by atoms with Gasteiger partial charge in [0.2, 0.25) is 5.95 Å². The molecule has 2 heterocycles. The van der Waals surface area contributed by atoms with Crippen molar-refractivity contribution in [3.05, 3.63) is 100 Å². The number of rotatable bonds is 5. The van der Waals surface area contributed by atoms with E-state index in [-0.39, 0.29) is 17.3 Å². The van der Waals surface area contributed by atoms with E-state index in [9.17, 15) is 14.0 Å². The van der Waals surface area contributed by atoms with Crippen LogP contribution in [0, 0.1) is 5.82 Å². The van der Waals surface area contributed by atoms with Crippen molar-refractivity contribution in [2.24, 2.45) is 0 Å². The van der Waals surface area contributed by atoms with Crippen molar-refractivity contribution in [1.82, 2.24) is 9.55 Å². The molecule has 0 bridgehead atoms. The number of aromatic nitrogens is 2. The number of nitrogens with one attached hydrogen (secondary N) is 1. The Morgan fingerprint density at radius 1 is 0.970 bits per heavy atom. The molecule has 0 radical (unpaired) electrons. The van der Waals surface area contributed by atoms with Gasteiger partial charge in [-0.05, 0) is 60.9 Å². The summed E-state index contributed by atoms with van der Waals surface area (Å²) in [6.07, 6.45) is 2.11. The number of carbonyl (C=O) groups excluding carboxylic acids is 1. The number of carbonyl (C=O) groups is 1. The van der Waals surface area contributed by atoms with Gasteiger partial charge < -0.3 is 10.2 Å². The highest BCUT2D eigenvalue weighted by Crippen LogP contribution is 2.22. The standard InChI is InChI=1S/C26H23FN4O2/c27-20-9-11-21(12-10-20)28-24(32)19-8-13-22-23(16-19)29-26(30-14-4-5-15-30)31(25(22)33)17-18-6-2-1-3-7-18/h1-3,6-13,16H,4-5,14-15,17H2,(H,28,32). The van der Waals surface area contributed by atoms with E-state index in [1.165, 1.54) is 24.3 Å². The summed E-state index contributed by atoms with van der Waals surface area (Å²) >= 11 is 0. The molecule has 1 amide bonds. The largest absolute Gasteiger partial charge is 0.342 e. The molecule has 6 nitrogen and oxygen atoms in total. The molecule has 7 heteroatoms. The molecule has 0 aliphatic carbocycles. The average Bonchev–Trinajstić information content (AvgIpc) is 3.37. The van der Waals surface area contributed by atoms with E-state index in [2.05, 4.69) is 10.2 Å². The summed E-state index contributed by atoms with van der Waals surface area (Å²) in [4.78, 5) is 33.2. The Morgan fingerprint density at radius 2 is 1.70 bits per heavy atom. The third-order valence-electron chi connectivity index (χ3n) is 5.87. The molecule has 5 rings (SSSR count). The quantitative estimate of drug-likeness (QED) is 0.496. The minimum absolute atomic E-state index is 0.128. The molecular formula is C26H23FN4O2. The zero-order chi connectivity index (χ0) is 22.8. The second-order valence-corrected chi connectivity index (χ2v) is 8.18. The van der Waals surface area contributed by atoms with Crippen molar-refractivity contribution < 1.29 is 9.18 Å². The summed E-state index contributed by atoms with van der Waals surface area (Å²) in [6, 6.07) is 20.3. The van der Waals surface area contributed by atoms with Crippen LogP contribution in [-0.2, 0) is 6.54 Å². The Labute approximate surface area is 190 Å². The fraction of sp³-hybridized carbons (Fsp3) is 0.192. The van der Waals surface area contributed by atoms with Gasteiger partial charge in [-0.2, -0.15) is 0 Å². The molecular weight excluding hydrogens is 419 g/mol. The highest BCUT2D eigenvalue weighted by molar-refractivity contribution is 6.06. The zero-order valence-electron chi connectivity index (χ0n) is 18.0. The van der Waals surface area contributed by atoms with Crippen LogP contribution in [0.15, 0.2) is 77.6 Å². The van der Waals surface area contributed by atoms with Gasteiger partial charge in [-0.15, -0.1) is 0 Å². The van der Waals surface area contributed by atoms with Crippen LogP contribution in [0.1, 0.15) is 28.8 Å². The molecule has 1 aromatic heterocycles. The van der Waals surface area contributed by atoms with E-state index in [1.807, 2.05) is 30.3 Å². The number of hydrogen-bond donors (Lipinski definition) is 1. The van der Waals surface area contributed by atoms with Gasteiger partial charge in [-0.25, -0.2) is 9.37 Å². The van der Waals surface area contributed by atoms with E-state index in [0.717, 1.165) is 31.5 Å². The highest BCUT2D eigenvalue weighted by Gasteiger charge is 2.21. The average molecular weight is 442 g/mol. The summed E-state index contributed by atoms with van der Waals surface area (Å²) in [6.45, 7) is 2.12. The third-order valence-corrected chi connectivity index (χ3v) is 5.87. The van der Waals surface area contributed by atoms with E-state index in [1.54, 1.807) is 22.8 Å². The molecule has 1 N–H and O–H groups in total.